The molecule has 2 aromatic carbocycles. The van der Waals surface area contributed by atoms with Gasteiger partial charge in [-0.05, 0) is 29.7 Å². The van der Waals surface area contributed by atoms with Crippen LogP contribution >= 0.6 is 11.3 Å². The summed E-state index contributed by atoms with van der Waals surface area (Å²) in [5, 5.41) is 19.4. The lowest BCUT2D eigenvalue weighted by atomic mass is 10.0. The van der Waals surface area contributed by atoms with Crippen LogP contribution in [0.25, 0.3) is 22.2 Å². The van der Waals surface area contributed by atoms with E-state index >= 15 is 0 Å². The number of hydrogen-bond acceptors (Lipinski definition) is 7. The van der Waals surface area contributed by atoms with Gasteiger partial charge in [0, 0.05) is 46.6 Å². The van der Waals surface area contributed by atoms with Crippen molar-refractivity contribution < 1.29 is 19.2 Å². The number of aromatic nitrogens is 2. The van der Waals surface area contributed by atoms with E-state index < -0.39 is 23.0 Å². The number of nitro benzene ring substituents is 1. The molecule has 4 aromatic rings. The van der Waals surface area contributed by atoms with Crippen LogP contribution in [0.15, 0.2) is 60.1 Å². The third kappa shape index (κ3) is 6.05. The average Bonchev–Trinajstić information content (AvgIpc) is 3.49. The summed E-state index contributed by atoms with van der Waals surface area (Å²) in [4.78, 5) is 43.6. The number of nitrogens with one attached hydrogen (secondary N) is 3. The number of benzene rings is 2. The second-order valence-electron chi connectivity index (χ2n) is 8.58. The van der Waals surface area contributed by atoms with Gasteiger partial charge in [0.2, 0.25) is 5.91 Å². The predicted molar refractivity (Wildman–Crippen MR) is 138 cm³/mol. The van der Waals surface area contributed by atoms with Crippen molar-refractivity contribution in [3.05, 3.63) is 75.8 Å². The first-order valence-corrected chi connectivity index (χ1v) is 12.2. The van der Waals surface area contributed by atoms with Gasteiger partial charge in [0.15, 0.2) is 5.13 Å². The van der Waals surface area contributed by atoms with Crippen LogP contribution in [0, 0.1) is 16.0 Å². The number of thiazole rings is 1. The Balaban J connectivity index is 1.50. The van der Waals surface area contributed by atoms with E-state index in [-0.39, 0.29) is 24.6 Å². The van der Waals surface area contributed by atoms with E-state index in [1.807, 2.05) is 44.3 Å². The molecule has 36 heavy (non-hydrogen) atoms. The van der Waals surface area contributed by atoms with Crippen LogP contribution in [0.1, 0.15) is 19.4 Å². The zero-order chi connectivity index (χ0) is 25.7. The first-order chi connectivity index (χ1) is 17.3. The fraction of sp³-hybridized carbons (Fsp3) is 0.240. The van der Waals surface area contributed by atoms with Crippen molar-refractivity contribution in [2.45, 2.75) is 26.3 Å². The fourth-order valence-electron chi connectivity index (χ4n) is 3.57. The molecule has 0 saturated heterocycles. The molecule has 10 nitrogen and oxygen atoms in total. The molecule has 11 heteroatoms. The Bertz CT molecular complexity index is 1380. The Hall–Kier alpha value is -4.25. The highest BCUT2D eigenvalue weighted by Gasteiger charge is 2.24. The highest BCUT2D eigenvalue weighted by molar-refractivity contribution is 7.14. The Labute approximate surface area is 210 Å². The van der Waals surface area contributed by atoms with Crippen molar-refractivity contribution in [2.24, 2.45) is 5.92 Å². The summed E-state index contributed by atoms with van der Waals surface area (Å²) in [5.74, 6) is -0.281. The number of rotatable bonds is 9. The van der Waals surface area contributed by atoms with E-state index in [4.69, 9.17) is 4.74 Å². The van der Waals surface area contributed by atoms with Gasteiger partial charge in [0.25, 0.3) is 5.69 Å². The number of fused-ring (bicyclic) bond motifs is 1. The van der Waals surface area contributed by atoms with Gasteiger partial charge in [-0.1, -0.05) is 32.0 Å². The smallest absolute Gasteiger partial charge is 0.407 e. The van der Waals surface area contributed by atoms with Gasteiger partial charge in [-0.25, -0.2) is 9.78 Å². The summed E-state index contributed by atoms with van der Waals surface area (Å²) in [6, 6.07) is 12.8. The Morgan fingerprint density at radius 1 is 1.17 bits per heavy atom. The molecule has 2 amide bonds. The number of anilines is 1. The third-order valence-electron chi connectivity index (χ3n) is 5.36. The standard InChI is InChI=1S/C25H25N5O5S/c1-15(2)13-35-25(32)28-21(11-17-12-26-20-6-4-3-5-19(17)20)23(31)29-24-27-22(14-36-24)16-7-9-18(10-8-16)30(33)34/h3-10,12,14-15,21,26H,11,13H2,1-2H3,(H,28,32)(H,27,29,31)/t21-/m1/s1. The van der Waals surface area contributed by atoms with Gasteiger partial charge in [0.05, 0.1) is 17.2 Å². The molecule has 186 valence electrons. The van der Waals surface area contributed by atoms with Gasteiger partial charge in [-0.3, -0.25) is 14.9 Å². The summed E-state index contributed by atoms with van der Waals surface area (Å²) in [7, 11) is 0. The van der Waals surface area contributed by atoms with E-state index in [1.54, 1.807) is 17.5 Å². The summed E-state index contributed by atoms with van der Waals surface area (Å²) < 4.78 is 5.23. The van der Waals surface area contributed by atoms with E-state index in [0.29, 0.717) is 16.4 Å². The number of para-hydroxylation sites is 1. The minimum Gasteiger partial charge on any atom is -0.449 e. The molecule has 0 bridgehead atoms. The van der Waals surface area contributed by atoms with Crippen molar-refractivity contribution in [2.75, 3.05) is 11.9 Å². The van der Waals surface area contributed by atoms with E-state index in [2.05, 4.69) is 20.6 Å². The van der Waals surface area contributed by atoms with Crippen LogP contribution in [0.4, 0.5) is 15.6 Å². The van der Waals surface area contributed by atoms with Gasteiger partial charge < -0.3 is 20.4 Å². The number of amides is 2. The lowest BCUT2D eigenvalue weighted by molar-refractivity contribution is -0.384. The minimum atomic E-state index is -0.907. The summed E-state index contributed by atoms with van der Waals surface area (Å²) in [6.07, 6.45) is 1.39. The predicted octanol–water partition coefficient (Wildman–Crippen LogP) is 5.13. The molecule has 4 rings (SSSR count). The molecular weight excluding hydrogens is 482 g/mol. The molecule has 0 aliphatic carbocycles. The lowest BCUT2D eigenvalue weighted by Crippen LogP contribution is -2.45. The van der Waals surface area contributed by atoms with Gasteiger partial charge in [-0.15, -0.1) is 11.3 Å². The Morgan fingerprint density at radius 2 is 1.92 bits per heavy atom. The molecule has 0 fully saturated rings. The SMILES string of the molecule is CC(C)COC(=O)N[C@H](Cc1c[nH]c2ccccc12)C(=O)Nc1nc(-c2ccc([N+](=O)[O-])cc2)cs1. The van der Waals surface area contributed by atoms with Crippen molar-refractivity contribution in [1.29, 1.82) is 0 Å². The first kappa shape index (κ1) is 24.9. The molecule has 0 saturated carbocycles. The molecule has 0 radical (unpaired) electrons. The molecule has 0 unspecified atom stereocenters. The highest BCUT2D eigenvalue weighted by atomic mass is 32.1. The van der Waals surface area contributed by atoms with E-state index in [0.717, 1.165) is 16.5 Å². The largest absolute Gasteiger partial charge is 0.449 e. The molecule has 0 aliphatic heterocycles. The van der Waals surface area contributed by atoms with Crippen LogP contribution in [-0.2, 0) is 16.0 Å². The van der Waals surface area contributed by atoms with Crippen LogP contribution in [0.3, 0.4) is 0 Å². The van der Waals surface area contributed by atoms with Gasteiger partial charge >= 0.3 is 6.09 Å². The average molecular weight is 508 g/mol. The summed E-state index contributed by atoms with van der Waals surface area (Å²) >= 11 is 1.22. The van der Waals surface area contributed by atoms with E-state index in [9.17, 15) is 19.7 Å². The summed E-state index contributed by atoms with van der Waals surface area (Å²) in [6.45, 7) is 4.08. The molecule has 0 aliphatic rings. The van der Waals surface area contributed by atoms with E-state index in [1.165, 1.54) is 23.5 Å². The lowest BCUT2D eigenvalue weighted by Gasteiger charge is -2.18. The number of alkyl carbamates (subject to hydrolysis) is 1. The monoisotopic (exact) mass is 507 g/mol. The summed E-state index contributed by atoms with van der Waals surface area (Å²) in [5.41, 5.74) is 3.05. The fourth-order valence-corrected chi connectivity index (χ4v) is 4.29. The molecule has 1 atom stereocenters. The number of hydrogen-bond donors (Lipinski definition) is 3. The third-order valence-corrected chi connectivity index (χ3v) is 6.12. The number of H-pyrrole nitrogens is 1. The van der Waals surface area contributed by atoms with Crippen LogP contribution < -0.4 is 10.6 Å². The number of aromatic amines is 1. The number of ether oxygens (including phenoxy) is 1. The number of non-ortho nitro benzene ring substituents is 1. The highest BCUT2D eigenvalue weighted by Crippen LogP contribution is 2.27. The number of nitro groups is 1. The molecular formula is C25H25N5O5S. The zero-order valence-electron chi connectivity index (χ0n) is 19.7. The maximum atomic E-state index is 13.2. The molecule has 2 heterocycles. The first-order valence-electron chi connectivity index (χ1n) is 11.3. The Kier molecular flexibility index (Phi) is 7.59. The second kappa shape index (κ2) is 11.0. The molecule has 3 N–H and O–H groups in total. The van der Waals surface area contributed by atoms with Crippen LogP contribution in [-0.4, -0.2) is 39.5 Å². The van der Waals surface area contributed by atoms with Gasteiger partial charge in [-0.2, -0.15) is 0 Å². The van der Waals surface area contributed by atoms with Crippen LogP contribution in [0.5, 0.6) is 0 Å². The number of carbonyl (C=O) groups is 2. The number of carbonyl (C=O) groups excluding carboxylic acids is 2. The van der Waals surface area contributed by atoms with Crippen LogP contribution in [0.2, 0.25) is 0 Å². The normalized spacial score (nSPS) is 11.9. The topological polar surface area (TPSA) is 139 Å². The maximum absolute atomic E-state index is 13.2. The Morgan fingerprint density at radius 3 is 2.64 bits per heavy atom. The van der Waals surface area contributed by atoms with Gasteiger partial charge in [0.1, 0.15) is 6.04 Å². The molecule has 0 spiro atoms. The second-order valence-corrected chi connectivity index (χ2v) is 9.44. The van der Waals surface area contributed by atoms with Crippen molar-refractivity contribution in [1.82, 2.24) is 15.3 Å². The van der Waals surface area contributed by atoms with Crippen molar-refractivity contribution in [3.8, 4) is 11.3 Å². The zero-order valence-corrected chi connectivity index (χ0v) is 20.5. The quantitative estimate of drug-likeness (QED) is 0.212. The maximum Gasteiger partial charge on any atom is 0.407 e. The van der Waals surface area contributed by atoms with Crippen molar-refractivity contribution in [3.63, 3.8) is 0 Å². The minimum absolute atomic E-state index is 0.0157. The molecule has 2 aromatic heterocycles. The number of nitrogens with zero attached hydrogens (tertiary/aromatic N) is 2. The van der Waals surface area contributed by atoms with Crippen molar-refractivity contribution >= 4 is 45.1 Å².